The van der Waals surface area contributed by atoms with Gasteiger partial charge in [0.15, 0.2) is 5.11 Å². The monoisotopic (exact) mass is 485 g/mol. The summed E-state index contributed by atoms with van der Waals surface area (Å²) in [6, 6.07) is 13.2. The number of nitrogens with zero attached hydrogens (tertiary/aromatic N) is 2. The zero-order valence-electron chi connectivity index (χ0n) is 17.0. The first-order chi connectivity index (χ1) is 16.1. The summed E-state index contributed by atoms with van der Waals surface area (Å²) in [6.45, 7) is 0. The van der Waals surface area contributed by atoms with E-state index in [1.807, 2.05) is 0 Å². The van der Waals surface area contributed by atoms with E-state index in [-0.39, 0.29) is 21.9 Å². The van der Waals surface area contributed by atoms with Crippen LogP contribution in [-0.4, -0.2) is 32.6 Å². The Hall–Kier alpha value is -4.25. The Morgan fingerprint density at radius 1 is 1.00 bits per heavy atom. The second-order valence-corrected chi connectivity index (χ2v) is 7.55. The molecular weight excluding hydrogens is 471 g/mol. The number of thiocarbonyl (C=S) groups is 1. The number of rotatable bonds is 4. The van der Waals surface area contributed by atoms with Gasteiger partial charge >= 0.3 is 12.1 Å². The summed E-state index contributed by atoms with van der Waals surface area (Å²) in [4.78, 5) is 37.6. The van der Waals surface area contributed by atoms with Crippen LogP contribution in [0.25, 0.3) is 11.8 Å². The lowest BCUT2D eigenvalue weighted by Gasteiger charge is -2.29. The predicted octanol–water partition coefficient (Wildman–Crippen LogP) is 4.03. The van der Waals surface area contributed by atoms with Crippen LogP contribution in [0, 0.1) is 0 Å². The molecule has 1 aliphatic rings. The molecule has 2 N–H and O–H groups in total. The first kappa shape index (κ1) is 22.9. The van der Waals surface area contributed by atoms with Crippen molar-refractivity contribution in [2.75, 3.05) is 4.90 Å². The van der Waals surface area contributed by atoms with E-state index in [1.54, 1.807) is 35.0 Å². The number of hydrogen-bond donors (Lipinski definition) is 2. The molecule has 2 heterocycles. The van der Waals surface area contributed by atoms with Gasteiger partial charge in [0.25, 0.3) is 11.8 Å². The molecule has 0 atom stereocenters. The Morgan fingerprint density at radius 2 is 1.71 bits per heavy atom. The predicted molar refractivity (Wildman–Crippen MR) is 120 cm³/mol. The lowest BCUT2D eigenvalue weighted by molar-refractivity contribution is -0.137. The number of benzene rings is 2. The second kappa shape index (κ2) is 8.60. The van der Waals surface area contributed by atoms with Gasteiger partial charge in [-0.25, -0.2) is 4.79 Å². The number of amides is 2. The molecule has 0 aliphatic carbocycles. The normalized spacial score (nSPS) is 15.6. The summed E-state index contributed by atoms with van der Waals surface area (Å²) in [5.41, 5.74) is -0.401. The molecule has 1 fully saturated rings. The number of nitrogens with one attached hydrogen (secondary N) is 1. The van der Waals surface area contributed by atoms with Gasteiger partial charge in [-0.3, -0.25) is 19.8 Å². The Labute approximate surface area is 195 Å². The second-order valence-electron chi connectivity index (χ2n) is 7.16. The fraction of sp³-hybridized carbons (Fsp3) is 0.0435. The molecule has 0 radical (unpaired) electrons. The lowest BCUT2D eigenvalue weighted by atomic mass is 10.1. The quantitative estimate of drug-likeness (QED) is 0.331. The van der Waals surface area contributed by atoms with E-state index in [0.717, 1.165) is 23.1 Å². The van der Waals surface area contributed by atoms with Gasteiger partial charge in [-0.1, -0.05) is 6.07 Å². The maximum Gasteiger partial charge on any atom is 0.416 e. The number of carbonyl (C=O) groups excluding carboxylic acids is 2. The summed E-state index contributed by atoms with van der Waals surface area (Å²) >= 11 is 5.05. The van der Waals surface area contributed by atoms with Crippen molar-refractivity contribution in [3.8, 4) is 5.69 Å². The first-order valence-electron chi connectivity index (χ1n) is 9.66. The highest BCUT2D eigenvalue weighted by Crippen LogP contribution is 2.32. The van der Waals surface area contributed by atoms with Gasteiger partial charge < -0.3 is 9.67 Å². The highest BCUT2D eigenvalue weighted by molar-refractivity contribution is 7.80. The molecule has 1 saturated heterocycles. The van der Waals surface area contributed by atoms with Crippen LogP contribution in [-0.2, 0) is 15.8 Å². The van der Waals surface area contributed by atoms with Gasteiger partial charge in [-0.15, -0.1) is 0 Å². The minimum atomic E-state index is -4.63. The molecule has 0 bridgehead atoms. The van der Waals surface area contributed by atoms with Gasteiger partial charge in [-0.2, -0.15) is 13.2 Å². The molecule has 7 nitrogen and oxygen atoms in total. The molecule has 11 heteroatoms. The van der Waals surface area contributed by atoms with Gasteiger partial charge in [0.2, 0.25) is 0 Å². The molecular formula is C23H14F3N3O4S. The molecule has 1 aromatic heterocycles. The van der Waals surface area contributed by atoms with Gasteiger partial charge in [0.1, 0.15) is 5.57 Å². The largest absolute Gasteiger partial charge is 0.478 e. The summed E-state index contributed by atoms with van der Waals surface area (Å²) in [5, 5.41) is 11.1. The number of aromatic nitrogens is 1. The molecule has 34 heavy (non-hydrogen) atoms. The molecule has 2 amide bonds. The van der Waals surface area contributed by atoms with Gasteiger partial charge in [0.05, 0.1) is 16.8 Å². The van der Waals surface area contributed by atoms with Crippen LogP contribution in [0.2, 0.25) is 0 Å². The number of halogens is 3. The third kappa shape index (κ3) is 4.33. The number of carboxylic acid groups (broad SMARTS) is 1. The van der Waals surface area contributed by atoms with Crippen molar-refractivity contribution < 1.29 is 32.7 Å². The van der Waals surface area contributed by atoms with Crippen molar-refractivity contribution in [1.29, 1.82) is 0 Å². The average molecular weight is 485 g/mol. The van der Waals surface area contributed by atoms with E-state index < -0.39 is 29.5 Å². The van der Waals surface area contributed by atoms with E-state index >= 15 is 0 Å². The van der Waals surface area contributed by atoms with Crippen LogP contribution < -0.4 is 10.2 Å². The molecule has 2 aromatic carbocycles. The summed E-state index contributed by atoms with van der Waals surface area (Å²) in [7, 11) is 0. The minimum Gasteiger partial charge on any atom is -0.478 e. The Kier molecular flexibility index (Phi) is 5.80. The molecule has 3 aromatic rings. The molecule has 0 spiro atoms. The van der Waals surface area contributed by atoms with Crippen molar-refractivity contribution in [1.82, 2.24) is 9.88 Å². The van der Waals surface area contributed by atoms with Gasteiger partial charge in [-0.05, 0) is 72.9 Å². The molecule has 0 saturated carbocycles. The lowest BCUT2D eigenvalue weighted by Crippen LogP contribution is -2.54. The first-order valence-corrected chi connectivity index (χ1v) is 10.1. The van der Waals surface area contributed by atoms with E-state index in [9.17, 15) is 27.6 Å². The number of carbonyl (C=O) groups is 3. The standard InChI is InChI=1S/C23H14F3N3O4S/c24-23(25,26)14-3-1-4-17(11-14)29-20(31)18(19(30)27-22(29)34)12-16-5-2-10-28(16)15-8-6-13(7-9-15)21(32)33/h1-12H,(H,32,33)(H,27,30,34)/b18-12+. The summed E-state index contributed by atoms with van der Waals surface area (Å²) in [6.07, 6.45) is -1.71. The van der Waals surface area contributed by atoms with Crippen molar-refractivity contribution in [2.45, 2.75) is 6.18 Å². The van der Waals surface area contributed by atoms with Crippen LogP contribution in [0.4, 0.5) is 18.9 Å². The average Bonchev–Trinajstić information content (AvgIpc) is 3.24. The fourth-order valence-corrected chi connectivity index (χ4v) is 3.65. The van der Waals surface area contributed by atoms with Crippen LogP contribution in [0.15, 0.2) is 72.4 Å². The SMILES string of the molecule is O=C1NC(=S)N(c2cccc(C(F)(F)F)c2)C(=O)/C1=C/c1cccn1-c1ccc(C(=O)O)cc1. The van der Waals surface area contributed by atoms with Crippen molar-refractivity contribution >= 4 is 46.9 Å². The van der Waals surface area contributed by atoms with E-state index in [4.69, 9.17) is 17.3 Å². The molecule has 0 unspecified atom stereocenters. The fourth-order valence-electron chi connectivity index (χ4n) is 3.37. The third-order valence-corrected chi connectivity index (χ3v) is 5.28. The van der Waals surface area contributed by atoms with Crippen LogP contribution in [0.5, 0.6) is 0 Å². The third-order valence-electron chi connectivity index (χ3n) is 5.00. The maximum atomic E-state index is 13.2. The zero-order valence-corrected chi connectivity index (χ0v) is 17.9. The van der Waals surface area contributed by atoms with Crippen molar-refractivity contribution in [2.24, 2.45) is 0 Å². The topological polar surface area (TPSA) is 91.6 Å². The van der Waals surface area contributed by atoms with Crippen LogP contribution in [0.1, 0.15) is 21.6 Å². The Bertz CT molecular complexity index is 1360. The van der Waals surface area contributed by atoms with Crippen LogP contribution in [0.3, 0.4) is 0 Å². The summed E-state index contributed by atoms with van der Waals surface area (Å²) in [5.74, 6) is -2.77. The van der Waals surface area contributed by atoms with Gasteiger partial charge in [0, 0.05) is 17.6 Å². The highest BCUT2D eigenvalue weighted by Gasteiger charge is 2.36. The maximum absolute atomic E-state index is 13.2. The van der Waals surface area contributed by atoms with Crippen LogP contribution >= 0.6 is 12.2 Å². The molecule has 1 aliphatic heterocycles. The number of alkyl halides is 3. The smallest absolute Gasteiger partial charge is 0.416 e. The van der Waals surface area contributed by atoms with E-state index in [0.29, 0.717) is 11.4 Å². The number of aromatic carboxylic acids is 1. The van der Waals surface area contributed by atoms with Crippen molar-refractivity contribution in [3.05, 3.63) is 89.3 Å². The van der Waals surface area contributed by atoms with Crippen molar-refractivity contribution in [3.63, 3.8) is 0 Å². The van der Waals surface area contributed by atoms with E-state index in [2.05, 4.69) is 5.32 Å². The number of anilines is 1. The highest BCUT2D eigenvalue weighted by atomic mass is 32.1. The minimum absolute atomic E-state index is 0.0860. The Balaban J connectivity index is 1.72. The molecule has 4 rings (SSSR count). The Morgan fingerprint density at radius 3 is 2.35 bits per heavy atom. The number of carboxylic acids is 1. The zero-order chi connectivity index (χ0) is 24.6. The summed E-state index contributed by atoms with van der Waals surface area (Å²) < 4.78 is 41.0. The number of hydrogen-bond acceptors (Lipinski definition) is 4. The molecule has 172 valence electrons. The van der Waals surface area contributed by atoms with E-state index in [1.165, 1.54) is 24.3 Å².